The molecule has 0 bridgehead atoms. The minimum absolute atomic E-state index is 0.0544. The van der Waals surface area contributed by atoms with E-state index in [0.717, 1.165) is 0 Å². The number of hydrogen-bond acceptors (Lipinski definition) is 9. The van der Waals surface area contributed by atoms with E-state index in [0.29, 0.717) is 0 Å². The third kappa shape index (κ3) is 6.29. The Morgan fingerprint density at radius 1 is 0.692 bits per heavy atom. The van der Waals surface area contributed by atoms with Gasteiger partial charge in [-0.3, -0.25) is 19.2 Å². The van der Waals surface area contributed by atoms with Gasteiger partial charge in [-0.05, 0) is 0 Å². The van der Waals surface area contributed by atoms with Gasteiger partial charge in [-0.1, -0.05) is 27.7 Å². The first-order chi connectivity index (χ1) is 12.4. The Morgan fingerprint density at radius 3 is 1.62 bits per heavy atom. The molecule has 9 nitrogen and oxygen atoms in total. The van der Waals surface area contributed by atoms with Crippen LogP contribution in [0.1, 0.15) is 53.4 Å². The fourth-order valence-electron chi connectivity index (χ4n) is 2.15. The van der Waals surface area contributed by atoms with Gasteiger partial charge in [0, 0.05) is 25.7 Å². The largest absolute Gasteiger partial charge is 0.456 e. The molecule has 1 saturated heterocycles. The van der Waals surface area contributed by atoms with Crippen molar-refractivity contribution in [2.75, 3.05) is 6.61 Å². The molecule has 1 aliphatic heterocycles. The SMILES string of the molecule is CCC(=O)O[C@@H]1OC[C@@H](OC(=O)CC)[C@H](OC(=O)CC)[C@H]1OC(=O)CC. The first kappa shape index (κ1) is 21.9. The van der Waals surface area contributed by atoms with Gasteiger partial charge in [0.1, 0.15) is 0 Å². The van der Waals surface area contributed by atoms with Crippen LogP contribution in [-0.2, 0) is 42.9 Å². The van der Waals surface area contributed by atoms with Crippen molar-refractivity contribution in [3.05, 3.63) is 0 Å². The van der Waals surface area contributed by atoms with Crippen LogP contribution in [0, 0.1) is 0 Å². The second kappa shape index (κ2) is 10.7. The summed E-state index contributed by atoms with van der Waals surface area (Å²) in [5.74, 6) is -2.28. The zero-order chi connectivity index (χ0) is 19.7. The highest BCUT2D eigenvalue weighted by atomic mass is 16.7. The molecule has 0 amide bonds. The standard InChI is InChI=1S/C17H26O9/c1-5-11(18)23-10-9-22-17(26-14(21)8-4)16(25-13(20)7-3)15(10)24-12(19)6-2/h10,15-17H,5-9H2,1-4H3/t10-,15+,16-,17+/m1/s1. The first-order valence-corrected chi connectivity index (χ1v) is 8.75. The molecule has 1 rings (SSSR count). The van der Waals surface area contributed by atoms with E-state index < -0.39 is 48.5 Å². The molecule has 0 aromatic rings. The molecular weight excluding hydrogens is 348 g/mol. The summed E-state index contributed by atoms with van der Waals surface area (Å²) in [7, 11) is 0. The van der Waals surface area contributed by atoms with Gasteiger partial charge in [-0.25, -0.2) is 0 Å². The zero-order valence-electron chi connectivity index (χ0n) is 15.5. The van der Waals surface area contributed by atoms with Crippen LogP contribution in [0.25, 0.3) is 0 Å². The number of ether oxygens (including phenoxy) is 5. The van der Waals surface area contributed by atoms with Gasteiger partial charge in [-0.2, -0.15) is 0 Å². The van der Waals surface area contributed by atoms with E-state index in [9.17, 15) is 19.2 Å². The second-order valence-corrected chi connectivity index (χ2v) is 5.54. The molecule has 1 fully saturated rings. The lowest BCUT2D eigenvalue weighted by Crippen LogP contribution is -2.58. The summed E-state index contributed by atoms with van der Waals surface area (Å²) >= 11 is 0. The van der Waals surface area contributed by atoms with Gasteiger partial charge >= 0.3 is 23.9 Å². The van der Waals surface area contributed by atoms with E-state index in [-0.39, 0.29) is 32.3 Å². The lowest BCUT2D eigenvalue weighted by Gasteiger charge is -2.40. The van der Waals surface area contributed by atoms with E-state index in [4.69, 9.17) is 23.7 Å². The van der Waals surface area contributed by atoms with Gasteiger partial charge in [0.05, 0.1) is 6.61 Å². The van der Waals surface area contributed by atoms with Crippen LogP contribution in [0.5, 0.6) is 0 Å². The summed E-state index contributed by atoms with van der Waals surface area (Å²) in [4.78, 5) is 46.9. The summed E-state index contributed by atoms with van der Waals surface area (Å²) in [6, 6.07) is 0. The van der Waals surface area contributed by atoms with Crippen LogP contribution in [0.3, 0.4) is 0 Å². The van der Waals surface area contributed by atoms with E-state index in [2.05, 4.69) is 0 Å². The van der Waals surface area contributed by atoms with Crippen LogP contribution in [-0.4, -0.2) is 55.1 Å². The van der Waals surface area contributed by atoms with Crippen molar-refractivity contribution in [1.82, 2.24) is 0 Å². The molecule has 26 heavy (non-hydrogen) atoms. The molecule has 4 atom stereocenters. The second-order valence-electron chi connectivity index (χ2n) is 5.54. The highest BCUT2D eigenvalue weighted by Crippen LogP contribution is 2.26. The third-order valence-electron chi connectivity index (χ3n) is 3.60. The molecule has 0 N–H and O–H groups in total. The number of hydrogen-bond donors (Lipinski definition) is 0. The van der Waals surface area contributed by atoms with Crippen LogP contribution in [0.2, 0.25) is 0 Å². The maximum atomic E-state index is 11.8. The minimum atomic E-state index is -1.26. The Balaban J connectivity index is 3.10. The van der Waals surface area contributed by atoms with E-state index in [1.807, 2.05) is 0 Å². The monoisotopic (exact) mass is 374 g/mol. The first-order valence-electron chi connectivity index (χ1n) is 8.75. The van der Waals surface area contributed by atoms with Crippen molar-refractivity contribution in [2.45, 2.75) is 78.0 Å². The fourth-order valence-corrected chi connectivity index (χ4v) is 2.15. The molecule has 0 radical (unpaired) electrons. The maximum absolute atomic E-state index is 11.8. The Hall–Kier alpha value is -2.16. The predicted molar refractivity (Wildman–Crippen MR) is 86.6 cm³/mol. The molecule has 0 unspecified atom stereocenters. The third-order valence-corrected chi connectivity index (χ3v) is 3.60. The summed E-state index contributed by atoms with van der Waals surface area (Å²) in [6.45, 7) is 6.21. The Labute approximate surface area is 152 Å². The van der Waals surface area contributed by atoms with Crippen molar-refractivity contribution >= 4 is 23.9 Å². The predicted octanol–water partition coefficient (Wildman–Crippen LogP) is 1.26. The molecule has 9 heteroatoms. The van der Waals surface area contributed by atoms with Gasteiger partial charge < -0.3 is 23.7 Å². The van der Waals surface area contributed by atoms with E-state index >= 15 is 0 Å². The molecule has 0 saturated carbocycles. The molecule has 0 aromatic carbocycles. The van der Waals surface area contributed by atoms with Crippen molar-refractivity contribution in [3.8, 4) is 0 Å². The molecule has 148 valence electrons. The summed E-state index contributed by atoms with van der Waals surface area (Å²) in [5, 5.41) is 0. The van der Waals surface area contributed by atoms with Crippen molar-refractivity contribution in [2.24, 2.45) is 0 Å². The average molecular weight is 374 g/mol. The van der Waals surface area contributed by atoms with Crippen molar-refractivity contribution < 1.29 is 42.9 Å². The van der Waals surface area contributed by atoms with Crippen LogP contribution < -0.4 is 0 Å². The summed E-state index contributed by atoms with van der Waals surface area (Å²) in [5.41, 5.74) is 0. The quantitative estimate of drug-likeness (QED) is 0.457. The van der Waals surface area contributed by atoms with E-state index in [1.54, 1.807) is 27.7 Å². The summed E-state index contributed by atoms with van der Waals surface area (Å²) < 4.78 is 26.5. The number of esters is 4. The van der Waals surface area contributed by atoms with E-state index in [1.165, 1.54) is 0 Å². The van der Waals surface area contributed by atoms with Crippen LogP contribution in [0.15, 0.2) is 0 Å². The smallest absolute Gasteiger partial charge is 0.307 e. The van der Waals surface area contributed by atoms with Gasteiger partial charge in [-0.15, -0.1) is 0 Å². The average Bonchev–Trinajstić information content (AvgIpc) is 2.65. The molecule has 0 aromatic heterocycles. The van der Waals surface area contributed by atoms with Crippen molar-refractivity contribution in [1.29, 1.82) is 0 Å². The Kier molecular flexibility index (Phi) is 9.04. The number of carbonyl (C=O) groups is 4. The lowest BCUT2D eigenvalue weighted by molar-refractivity contribution is -0.275. The maximum Gasteiger partial charge on any atom is 0.307 e. The molecule has 1 heterocycles. The van der Waals surface area contributed by atoms with Gasteiger partial charge in [0.15, 0.2) is 12.2 Å². The Morgan fingerprint density at radius 2 is 1.12 bits per heavy atom. The lowest BCUT2D eigenvalue weighted by atomic mass is 10.0. The normalized spacial score (nSPS) is 25.1. The van der Waals surface area contributed by atoms with Crippen molar-refractivity contribution in [3.63, 3.8) is 0 Å². The topological polar surface area (TPSA) is 114 Å². The molecule has 0 spiro atoms. The van der Waals surface area contributed by atoms with Crippen LogP contribution >= 0.6 is 0 Å². The van der Waals surface area contributed by atoms with Gasteiger partial charge in [0.2, 0.25) is 12.4 Å². The highest BCUT2D eigenvalue weighted by molar-refractivity contribution is 5.71. The minimum Gasteiger partial charge on any atom is -0.456 e. The molecular formula is C17H26O9. The molecule has 0 aliphatic carbocycles. The fraction of sp³-hybridized carbons (Fsp3) is 0.765. The zero-order valence-corrected chi connectivity index (χ0v) is 15.5. The van der Waals surface area contributed by atoms with Gasteiger partial charge in [0.25, 0.3) is 0 Å². The number of rotatable bonds is 8. The number of carbonyl (C=O) groups excluding carboxylic acids is 4. The highest BCUT2D eigenvalue weighted by Gasteiger charge is 2.49. The summed E-state index contributed by atoms with van der Waals surface area (Å²) in [6.07, 6.45) is -4.30. The Bertz CT molecular complexity index is 470. The molecule has 1 aliphatic rings. The van der Waals surface area contributed by atoms with Crippen LogP contribution in [0.4, 0.5) is 0 Å².